The highest BCUT2D eigenvalue weighted by Crippen LogP contribution is 2.19. The first kappa shape index (κ1) is 23.9. The van der Waals surface area contributed by atoms with Crippen LogP contribution in [0.1, 0.15) is 67.6 Å². The minimum atomic E-state index is -0.313. The van der Waals surface area contributed by atoms with E-state index in [-0.39, 0.29) is 42.8 Å². The van der Waals surface area contributed by atoms with Gasteiger partial charge in [0.2, 0.25) is 11.8 Å². The summed E-state index contributed by atoms with van der Waals surface area (Å²) in [5.41, 5.74) is 2.26. The lowest BCUT2D eigenvalue weighted by Gasteiger charge is -2.26. The van der Waals surface area contributed by atoms with Crippen LogP contribution in [0.2, 0.25) is 0 Å². The molecular weight excluding hydrogens is 424 g/mol. The number of hydrogen-bond donors (Lipinski definition) is 2. The number of aryl methyl sites for hydroxylation is 1. The van der Waals surface area contributed by atoms with Crippen molar-refractivity contribution < 1.29 is 14.4 Å². The molecule has 0 bridgehead atoms. The fourth-order valence-electron chi connectivity index (χ4n) is 3.80. The molecule has 8 heteroatoms. The smallest absolute Gasteiger partial charge is 0.254 e. The molecule has 1 heterocycles. The molecule has 1 fully saturated rings. The zero-order valence-electron chi connectivity index (χ0n) is 19.0. The predicted molar refractivity (Wildman–Crippen MR) is 127 cm³/mol. The minimum Gasteiger partial charge on any atom is -0.353 e. The number of nitrogens with one attached hydrogen (secondary N) is 2. The van der Waals surface area contributed by atoms with E-state index in [9.17, 15) is 14.4 Å². The van der Waals surface area contributed by atoms with Gasteiger partial charge in [-0.1, -0.05) is 37.0 Å². The van der Waals surface area contributed by atoms with E-state index in [4.69, 9.17) is 0 Å². The Morgan fingerprint density at radius 2 is 1.78 bits per heavy atom. The Labute approximate surface area is 193 Å². The number of aromatic nitrogens is 1. The quantitative estimate of drug-likeness (QED) is 0.630. The molecule has 0 unspecified atom stereocenters. The third-order valence-corrected chi connectivity index (χ3v) is 6.41. The average Bonchev–Trinajstić information content (AvgIpc) is 3.19. The molecule has 32 heavy (non-hydrogen) atoms. The van der Waals surface area contributed by atoms with Gasteiger partial charge in [-0.25, -0.2) is 4.98 Å². The maximum Gasteiger partial charge on any atom is 0.254 e. The first-order chi connectivity index (χ1) is 15.3. The number of thiazole rings is 1. The van der Waals surface area contributed by atoms with Crippen molar-refractivity contribution in [3.63, 3.8) is 0 Å². The van der Waals surface area contributed by atoms with Gasteiger partial charge in [-0.3, -0.25) is 14.4 Å². The van der Waals surface area contributed by atoms with Crippen molar-refractivity contribution in [3.8, 4) is 0 Å². The minimum absolute atomic E-state index is 0.0326. The van der Waals surface area contributed by atoms with Crippen molar-refractivity contribution in [2.75, 3.05) is 11.9 Å². The summed E-state index contributed by atoms with van der Waals surface area (Å²) in [7, 11) is 0. The van der Waals surface area contributed by atoms with Crippen molar-refractivity contribution in [2.24, 2.45) is 0 Å². The molecule has 3 amide bonds. The molecule has 7 nitrogen and oxygen atoms in total. The zero-order chi connectivity index (χ0) is 23.1. The van der Waals surface area contributed by atoms with E-state index >= 15 is 0 Å². The molecule has 0 aliphatic heterocycles. The summed E-state index contributed by atoms with van der Waals surface area (Å²) in [6, 6.07) is 7.44. The fraction of sp³-hybridized carbons (Fsp3) is 0.500. The molecule has 2 N–H and O–H groups in total. The molecule has 0 spiro atoms. The van der Waals surface area contributed by atoms with Gasteiger partial charge >= 0.3 is 0 Å². The molecular formula is C24H32N4O3S. The highest BCUT2D eigenvalue weighted by atomic mass is 32.1. The Hall–Kier alpha value is -2.74. The summed E-state index contributed by atoms with van der Waals surface area (Å²) >= 11 is 1.28. The molecule has 1 saturated carbocycles. The highest BCUT2D eigenvalue weighted by Gasteiger charge is 2.22. The van der Waals surface area contributed by atoms with Gasteiger partial charge in [0.25, 0.3) is 5.91 Å². The van der Waals surface area contributed by atoms with Crippen LogP contribution in [0.3, 0.4) is 0 Å². The van der Waals surface area contributed by atoms with Gasteiger partial charge in [-0.15, -0.1) is 11.3 Å². The third-order valence-electron chi connectivity index (χ3n) is 5.61. The number of anilines is 1. The normalized spacial score (nSPS) is 14.2. The van der Waals surface area contributed by atoms with Gasteiger partial charge in [0, 0.05) is 23.0 Å². The SMILES string of the molecule is Cc1ccc(C(=O)N(CC(=O)Nc2nc(CC(=O)NC3CCCCC3)cs2)C(C)C)cc1. The number of benzene rings is 1. The largest absolute Gasteiger partial charge is 0.353 e. The Balaban J connectivity index is 1.53. The van der Waals surface area contributed by atoms with E-state index in [0.717, 1.165) is 31.2 Å². The maximum absolute atomic E-state index is 12.9. The second-order valence-corrected chi connectivity index (χ2v) is 9.52. The summed E-state index contributed by atoms with van der Waals surface area (Å²) in [5.74, 6) is -0.532. The Morgan fingerprint density at radius 1 is 1.09 bits per heavy atom. The van der Waals surface area contributed by atoms with Crippen LogP contribution in [0, 0.1) is 6.92 Å². The van der Waals surface area contributed by atoms with Crippen LogP contribution in [-0.4, -0.2) is 46.2 Å². The van der Waals surface area contributed by atoms with Crippen LogP contribution in [0.15, 0.2) is 29.6 Å². The third kappa shape index (κ3) is 6.88. The van der Waals surface area contributed by atoms with Crippen molar-refractivity contribution >= 4 is 34.2 Å². The first-order valence-corrected chi connectivity index (χ1v) is 12.1. The van der Waals surface area contributed by atoms with E-state index in [1.54, 1.807) is 17.5 Å². The molecule has 172 valence electrons. The van der Waals surface area contributed by atoms with Crippen molar-refractivity contribution in [1.82, 2.24) is 15.2 Å². The summed E-state index contributed by atoms with van der Waals surface area (Å²) in [5, 5.41) is 8.06. The van der Waals surface area contributed by atoms with Crippen LogP contribution in [-0.2, 0) is 16.0 Å². The predicted octanol–water partition coefficient (Wildman–Crippen LogP) is 3.93. The van der Waals surface area contributed by atoms with Crippen molar-refractivity contribution in [3.05, 3.63) is 46.5 Å². The number of hydrogen-bond acceptors (Lipinski definition) is 5. The molecule has 1 aliphatic rings. The van der Waals surface area contributed by atoms with Gasteiger partial charge in [0.05, 0.1) is 12.1 Å². The van der Waals surface area contributed by atoms with Crippen LogP contribution < -0.4 is 10.6 Å². The fourth-order valence-corrected chi connectivity index (χ4v) is 4.53. The van der Waals surface area contributed by atoms with E-state index in [2.05, 4.69) is 15.6 Å². The molecule has 0 radical (unpaired) electrons. The molecule has 0 atom stereocenters. The number of carbonyl (C=O) groups is 3. The lowest BCUT2D eigenvalue weighted by Crippen LogP contribution is -2.42. The number of amides is 3. The van der Waals surface area contributed by atoms with Crippen molar-refractivity contribution in [2.45, 2.75) is 71.4 Å². The van der Waals surface area contributed by atoms with Gasteiger partial charge in [-0.05, 0) is 45.7 Å². The summed E-state index contributed by atoms with van der Waals surface area (Å²) in [4.78, 5) is 43.6. The Bertz CT molecular complexity index is 933. The average molecular weight is 457 g/mol. The number of rotatable bonds is 8. The lowest BCUT2D eigenvalue weighted by atomic mass is 9.95. The Morgan fingerprint density at radius 3 is 2.44 bits per heavy atom. The second-order valence-electron chi connectivity index (χ2n) is 8.66. The number of nitrogens with zero attached hydrogens (tertiary/aromatic N) is 2. The van der Waals surface area contributed by atoms with Crippen LogP contribution in [0.5, 0.6) is 0 Å². The van der Waals surface area contributed by atoms with Gasteiger partial charge in [0.15, 0.2) is 5.13 Å². The lowest BCUT2D eigenvalue weighted by molar-refractivity contribution is -0.121. The van der Waals surface area contributed by atoms with Gasteiger partial charge in [-0.2, -0.15) is 0 Å². The Kier molecular flexibility index (Phi) is 8.39. The first-order valence-electron chi connectivity index (χ1n) is 11.2. The zero-order valence-corrected chi connectivity index (χ0v) is 19.8. The van der Waals surface area contributed by atoms with Gasteiger partial charge in [0.1, 0.15) is 6.54 Å². The maximum atomic E-state index is 12.9. The van der Waals surface area contributed by atoms with Gasteiger partial charge < -0.3 is 15.5 Å². The second kappa shape index (κ2) is 11.2. The standard InChI is InChI=1S/C24H32N4O3S/c1-16(2)28(23(31)18-11-9-17(3)10-12-18)14-22(30)27-24-26-20(15-32-24)13-21(29)25-19-7-5-4-6-8-19/h9-12,15-16,19H,4-8,13-14H2,1-3H3,(H,25,29)(H,26,27,30). The molecule has 3 rings (SSSR count). The van der Waals surface area contributed by atoms with Crippen LogP contribution in [0.4, 0.5) is 5.13 Å². The topological polar surface area (TPSA) is 91.4 Å². The van der Waals surface area contributed by atoms with Crippen LogP contribution >= 0.6 is 11.3 Å². The molecule has 1 aromatic heterocycles. The van der Waals surface area contributed by atoms with Crippen LogP contribution in [0.25, 0.3) is 0 Å². The van der Waals surface area contributed by atoms with E-state index in [1.165, 1.54) is 22.7 Å². The van der Waals surface area contributed by atoms with E-state index in [1.807, 2.05) is 32.9 Å². The summed E-state index contributed by atoms with van der Waals surface area (Å²) in [6.07, 6.45) is 5.85. The highest BCUT2D eigenvalue weighted by molar-refractivity contribution is 7.13. The summed E-state index contributed by atoms with van der Waals surface area (Å²) in [6.45, 7) is 5.66. The molecule has 1 aliphatic carbocycles. The number of carbonyl (C=O) groups excluding carboxylic acids is 3. The van der Waals surface area contributed by atoms with Crippen molar-refractivity contribution in [1.29, 1.82) is 0 Å². The van der Waals surface area contributed by atoms with E-state index in [0.29, 0.717) is 16.4 Å². The summed E-state index contributed by atoms with van der Waals surface area (Å²) < 4.78 is 0. The molecule has 2 aromatic rings. The molecule has 1 aromatic carbocycles. The molecule has 0 saturated heterocycles. The monoisotopic (exact) mass is 456 g/mol. The van der Waals surface area contributed by atoms with E-state index < -0.39 is 0 Å².